The standard InChI is InChI=1S/C15H22N2O2/c1-13(16(2)3)7-5-4-6-8-14-9-11-15(12-10-14)17(18)19/h6,8-13H,4-5,7H2,1-3H3/b8-6+. The first-order valence-corrected chi connectivity index (χ1v) is 6.58. The summed E-state index contributed by atoms with van der Waals surface area (Å²) in [5.41, 5.74) is 1.14. The molecule has 1 aromatic rings. The minimum absolute atomic E-state index is 0.136. The molecule has 1 atom stereocenters. The minimum Gasteiger partial charge on any atom is -0.307 e. The van der Waals surface area contributed by atoms with Crippen LogP contribution in [0.15, 0.2) is 30.3 Å². The molecule has 0 aliphatic carbocycles. The van der Waals surface area contributed by atoms with E-state index in [1.807, 2.05) is 6.08 Å². The lowest BCUT2D eigenvalue weighted by Crippen LogP contribution is -2.24. The SMILES string of the molecule is CC(CCC/C=C/c1ccc([N+](=O)[O-])cc1)N(C)C. The number of nitro groups is 1. The van der Waals surface area contributed by atoms with E-state index in [2.05, 4.69) is 32.0 Å². The molecule has 1 rings (SSSR count). The zero-order valence-electron chi connectivity index (χ0n) is 11.9. The highest BCUT2D eigenvalue weighted by atomic mass is 16.6. The van der Waals surface area contributed by atoms with Gasteiger partial charge in [0.05, 0.1) is 4.92 Å². The van der Waals surface area contributed by atoms with Crippen molar-refractivity contribution >= 4 is 11.8 Å². The van der Waals surface area contributed by atoms with Gasteiger partial charge in [-0.25, -0.2) is 0 Å². The summed E-state index contributed by atoms with van der Waals surface area (Å²) in [4.78, 5) is 12.4. The van der Waals surface area contributed by atoms with Gasteiger partial charge >= 0.3 is 0 Å². The van der Waals surface area contributed by atoms with Crippen LogP contribution < -0.4 is 0 Å². The molecule has 1 aromatic carbocycles. The van der Waals surface area contributed by atoms with E-state index in [1.54, 1.807) is 12.1 Å². The molecule has 0 N–H and O–H groups in total. The largest absolute Gasteiger partial charge is 0.307 e. The molecule has 0 fully saturated rings. The van der Waals surface area contributed by atoms with Crippen molar-refractivity contribution in [1.29, 1.82) is 0 Å². The number of nitro benzene ring substituents is 1. The Labute approximate surface area is 114 Å². The Hall–Kier alpha value is -1.68. The van der Waals surface area contributed by atoms with Gasteiger partial charge in [-0.15, -0.1) is 0 Å². The molecular formula is C15H22N2O2. The van der Waals surface area contributed by atoms with Crippen molar-refractivity contribution in [2.24, 2.45) is 0 Å². The van der Waals surface area contributed by atoms with Crippen LogP contribution >= 0.6 is 0 Å². The minimum atomic E-state index is -0.379. The summed E-state index contributed by atoms with van der Waals surface area (Å²) in [6, 6.07) is 7.23. The Kier molecular flexibility index (Phi) is 6.22. The molecule has 104 valence electrons. The molecule has 0 radical (unpaired) electrons. The second kappa shape index (κ2) is 7.69. The molecule has 0 spiro atoms. The van der Waals surface area contributed by atoms with E-state index in [1.165, 1.54) is 18.6 Å². The molecule has 0 aliphatic rings. The third kappa shape index (κ3) is 5.66. The fourth-order valence-corrected chi connectivity index (χ4v) is 1.72. The lowest BCUT2D eigenvalue weighted by atomic mass is 10.1. The number of allylic oxidation sites excluding steroid dienone is 1. The lowest BCUT2D eigenvalue weighted by Gasteiger charge is -2.18. The van der Waals surface area contributed by atoms with Gasteiger partial charge in [-0.2, -0.15) is 0 Å². The van der Waals surface area contributed by atoms with Crippen LogP contribution in [0, 0.1) is 10.1 Å². The van der Waals surface area contributed by atoms with E-state index in [9.17, 15) is 10.1 Å². The first-order valence-electron chi connectivity index (χ1n) is 6.58. The fourth-order valence-electron chi connectivity index (χ4n) is 1.72. The third-order valence-corrected chi connectivity index (χ3v) is 3.29. The van der Waals surface area contributed by atoms with Gasteiger partial charge in [0.1, 0.15) is 0 Å². The van der Waals surface area contributed by atoms with Crippen LogP contribution in [-0.2, 0) is 0 Å². The molecule has 0 saturated carbocycles. The molecule has 0 amide bonds. The van der Waals surface area contributed by atoms with E-state index in [0.717, 1.165) is 18.4 Å². The molecule has 0 aliphatic heterocycles. The van der Waals surface area contributed by atoms with E-state index in [-0.39, 0.29) is 10.6 Å². The Morgan fingerprint density at radius 3 is 2.47 bits per heavy atom. The predicted octanol–water partition coefficient (Wildman–Crippen LogP) is 3.73. The zero-order chi connectivity index (χ0) is 14.3. The Morgan fingerprint density at radius 2 is 1.95 bits per heavy atom. The van der Waals surface area contributed by atoms with Crippen molar-refractivity contribution in [3.8, 4) is 0 Å². The van der Waals surface area contributed by atoms with Gasteiger partial charge in [0, 0.05) is 18.2 Å². The zero-order valence-corrected chi connectivity index (χ0v) is 11.9. The van der Waals surface area contributed by atoms with Crippen LogP contribution in [-0.4, -0.2) is 30.0 Å². The van der Waals surface area contributed by atoms with Crippen molar-refractivity contribution in [3.05, 3.63) is 46.0 Å². The first-order chi connectivity index (χ1) is 9.00. The molecule has 1 unspecified atom stereocenters. The van der Waals surface area contributed by atoms with Crippen molar-refractivity contribution in [2.75, 3.05) is 14.1 Å². The van der Waals surface area contributed by atoms with Gasteiger partial charge in [-0.1, -0.05) is 12.2 Å². The molecule has 4 nitrogen and oxygen atoms in total. The van der Waals surface area contributed by atoms with Crippen LogP contribution in [0.2, 0.25) is 0 Å². The second-order valence-electron chi connectivity index (χ2n) is 4.99. The number of unbranched alkanes of at least 4 members (excludes halogenated alkanes) is 1. The average Bonchev–Trinajstić information content (AvgIpc) is 2.38. The second-order valence-corrected chi connectivity index (χ2v) is 4.99. The number of benzene rings is 1. The van der Waals surface area contributed by atoms with E-state index in [4.69, 9.17) is 0 Å². The van der Waals surface area contributed by atoms with Gasteiger partial charge in [0.2, 0.25) is 0 Å². The Bertz CT molecular complexity index is 424. The topological polar surface area (TPSA) is 46.4 Å². The molecule has 0 saturated heterocycles. The quantitative estimate of drug-likeness (QED) is 0.427. The molecule has 0 bridgehead atoms. The summed E-state index contributed by atoms with van der Waals surface area (Å²) in [6.45, 7) is 2.22. The van der Waals surface area contributed by atoms with Crippen LogP contribution in [0.1, 0.15) is 31.7 Å². The van der Waals surface area contributed by atoms with Crippen LogP contribution in [0.3, 0.4) is 0 Å². The van der Waals surface area contributed by atoms with Crippen LogP contribution in [0.25, 0.3) is 6.08 Å². The van der Waals surface area contributed by atoms with Gasteiger partial charge < -0.3 is 4.90 Å². The van der Waals surface area contributed by atoms with Crippen molar-refractivity contribution < 1.29 is 4.92 Å². The van der Waals surface area contributed by atoms with Crippen molar-refractivity contribution in [1.82, 2.24) is 4.90 Å². The average molecular weight is 262 g/mol. The van der Waals surface area contributed by atoms with Crippen LogP contribution in [0.4, 0.5) is 5.69 Å². The highest BCUT2D eigenvalue weighted by Crippen LogP contribution is 2.13. The summed E-state index contributed by atoms with van der Waals surface area (Å²) < 4.78 is 0. The number of hydrogen-bond donors (Lipinski definition) is 0. The number of nitrogens with zero attached hydrogens (tertiary/aromatic N) is 2. The molecule has 19 heavy (non-hydrogen) atoms. The summed E-state index contributed by atoms with van der Waals surface area (Å²) in [5, 5.41) is 10.5. The highest BCUT2D eigenvalue weighted by molar-refractivity contribution is 5.51. The summed E-state index contributed by atoms with van der Waals surface area (Å²) in [6.07, 6.45) is 7.52. The molecule has 0 heterocycles. The molecule has 4 heteroatoms. The van der Waals surface area contributed by atoms with Gasteiger partial charge in [0.15, 0.2) is 0 Å². The molecule has 0 aromatic heterocycles. The van der Waals surface area contributed by atoms with E-state index in [0.29, 0.717) is 6.04 Å². The number of hydrogen-bond acceptors (Lipinski definition) is 3. The highest BCUT2D eigenvalue weighted by Gasteiger charge is 2.03. The molecular weight excluding hydrogens is 240 g/mol. The van der Waals surface area contributed by atoms with Gasteiger partial charge in [-0.3, -0.25) is 10.1 Å². The van der Waals surface area contributed by atoms with E-state index < -0.39 is 0 Å². The maximum atomic E-state index is 10.5. The maximum absolute atomic E-state index is 10.5. The maximum Gasteiger partial charge on any atom is 0.269 e. The Balaban J connectivity index is 2.35. The first kappa shape index (κ1) is 15.4. The summed E-state index contributed by atoms with van der Waals surface area (Å²) in [5.74, 6) is 0. The monoisotopic (exact) mass is 262 g/mol. The Morgan fingerprint density at radius 1 is 1.32 bits per heavy atom. The number of non-ortho nitro benzene ring substituents is 1. The van der Waals surface area contributed by atoms with Crippen LogP contribution in [0.5, 0.6) is 0 Å². The van der Waals surface area contributed by atoms with Crippen molar-refractivity contribution in [3.63, 3.8) is 0 Å². The summed E-state index contributed by atoms with van der Waals surface area (Å²) >= 11 is 0. The normalized spacial score (nSPS) is 13.1. The predicted molar refractivity (Wildman–Crippen MR) is 79.1 cm³/mol. The van der Waals surface area contributed by atoms with E-state index >= 15 is 0 Å². The van der Waals surface area contributed by atoms with Gasteiger partial charge in [-0.05, 0) is 58.0 Å². The summed E-state index contributed by atoms with van der Waals surface area (Å²) in [7, 11) is 4.19. The van der Waals surface area contributed by atoms with Crippen molar-refractivity contribution in [2.45, 2.75) is 32.2 Å². The third-order valence-electron chi connectivity index (χ3n) is 3.29. The lowest BCUT2D eigenvalue weighted by molar-refractivity contribution is -0.384. The fraction of sp³-hybridized carbons (Fsp3) is 0.467. The van der Waals surface area contributed by atoms with Gasteiger partial charge in [0.25, 0.3) is 5.69 Å². The number of rotatable bonds is 7. The smallest absolute Gasteiger partial charge is 0.269 e.